The number of rotatable bonds is 4. The Labute approximate surface area is 193 Å². The van der Waals surface area contributed by atoms with E-state index in [9.17, 15) is 4.79 Å². The first-order chi connectivity index (χ1) is 14.8. The summed E-state index contributed by atoms with van der Waals surface area (Å²) in [6.45, 7) is 4.57. The zero-order valence-corrected chi connectivity index (χ0v) is 19.3. The van der Waals surface area contributed by atoms with Gasteiger partial charge in [-0.05, 0) is 61.9 Å². The number of nitrogens with two attached hydrogens (primary N) is 1. The number of halogens is 2. The fraction of sp³-hybridized carbons (Fsp3) is 0.417. The zero-order valence-electron chi connectivity index (χ0n) is 17.8. The molecule has 2 N–H and O–H groups in total. The van der Waals surface area contributed by atoms with Crippen LogP contribution in [0.4, 0.5) is 0 Å². The van der Waals surface area contributed by atoms with Gasteiger partial charge in [-0.1, -0.05) is 53.5 Å². The summed E-state index contributed by atoms with van der Waals surface area (Å²) < 4.78 is 5.62. The second-order valence-electron chi connectivity index (χ2n) is 8.63. The SMILES string of the molecule is C[C@@H]1C[C@H](N2C(=O)C[C@@](C)(c3cccc(Cc4ccc(Cl)cc4)c3Cl)N=C2N)CCO1. The van der Waals surface area contributed by atoms with Gasteiger partial charge in [0.15, 0.2) is 5.96 Å². The van der Waals surface area contributed by atoms with Crippen molar-refractivity contribution in [1.82, 2.24) is 4.90 Å². The molecule has 1 amide bonds. The number of hydrogen-bond acceptors (Lipinski definition) is 4. The summed E-state index contributed by atoms with van der Waals surface area (Å²) in [5, 5.41) is 1.32. The second-order valence-corrected chi connectivity index (χ2v) is 9.44. The highest BCUT2D eigenvalue weighted by Gasteiger charge is 2.42. The van der Waals surface area contributed by atoms with E-state index in [0.29, 0.717) is 23.1 Å². The van der Waals surface area contributed by atoms with Crippen LogP contribution < -0.4 is 5.73 Å². The summed E-state index contributed by atoms with van der Waals surface area (Å²) in [4.78, 5) is 19.6. The maximum atomic E-state index is 13.2. The Balaban J connectivity index is 1.63. The second kappa shape index (κ2) is 8.81. The third-order valence-electron chi connectivity index (χ3n) is 6.16. The Hall–Kier alpha value is -2.08. The van der Waals surface area contributed by atoms with E-state index in [4.69, 9.17) is 38.7 Å². The van der Waals surface area contributed by atoms with Gasteiger partial charge < -0.3 is 10.5 Å². The minimum absolute atomic E-state index is 0.0201. The molecule has 2 aliphatic rings. The minimum Gasteiger partial charge on any atom is -0.378 e. The lowest BCUT2D eigenvalue weighted by atomic mass is 9.85. The third-order valence-corrected chi connectivity index (χ3v) is 6.86. The molecule has 0 spiro atoms. The van der Waals surface area contributed by atoms with Gasteiger partial charge in [0.05, 0.1) is 18.1 Å². The zero-order chi connectivity index (χ0) is 22.2. The molecule has 4 rings (SSSR count). The van der Waals surface area contributed by atoms with Crippen molar-refractivity contribution in [3.63, 3.8) is 0 Å². The van der Waals surface area contributed by atoms with Gasteiger partial charge in [-0.15, -0.1) is 0 Å². The van der Waals surface area contributed by atoms with Gasteiger partial charge in [0, 0.05) is 22.7 Å². The van der Waals surface area contributed by atoms with Gasteiger partial charge in [0.25, 0.3) is 0 Å². The Morgan fingerprint density at radius 2 is 1.97 bits per heavy atom. The molecule has 2 aromatic carbocycles. The van der Waals surface area contributed by atoms with Crippen molar-refractivity contribution in [3.8, 4) is 0 Å². The largest absolute Gasteiger partial charge is 0.378 e. The molecule has 5 nitrogen and oxygen atoms in total. The van der Waals surface area contributed by atoms with E-state index in [1.54, 1.807) is 4.90 Å². The quantitative estimate of drug-likeness (QED) is 0.705. The van der Waals surface area contributed by atoms with Crippen molar-refractivity contribution in [2.45, 2.75) is 57.2 Å². The highest BCUT2D eigenvalue weighted by atomic mass is 35.5. The summed E-state index contributed by atoms with van der Waals surface area (Å²) in [5.41, 5.74) is 8.44. The average Bonchev–Trinajstić information content (AvgIpc) is 2.70. The molecule has 0 aliphatic carbocycles. The van der Waals surface area contributed by atoms with Gasteiger partial charge in [-0.25, -0.2) is 4.99 Å². The molecule has 1 saturated heterocycles. The van der Waals surface area contributed by atoms with Crippen LogP contribution in [-0.2, 0) is 21.5 Å². The Morgan fingerprint density at radius 1 is 1.23 bits per heavy atom. The first kappa shape index (κ1) is 22.1. The lowest BCUT2D eigenvalue weighted by Gasteiger charge is -2.41. The van der Waals surface area contributed by atoms with E-state index in [1.807, 2.05) is 56.3 Å². The number of ether oxygens (including phenoxy) is 1. The molecule has 3 atom stereocenters. The highest BCUT2D eigenvalue weighted by Crippen LogP contribution is 2.40. The smallest absolute Gasteiger partial charge is 0.232 e. The molecule has 2 aromatic rings. The van der Waals surface area contributed by atoms with Gasteiger partial charge >= 0.3 is 0 Å². The van der Waals surface area contributed by atoms with Crippen molar-refractivity contribution in [1.29, 1.82) is 0 Å². The molecule has 0 radical (unpaired) electrons. The van der Waals surface area contributed by atoms with Crippen LogP contribution in [-0.4, -0.2) is 35.5 Å². The normalized spacial score (nSPS) is 26.6. The number of amides is 1. The van der Waals surface area contributed by atoms with E-state index in [1.165, 1.54) is 0 Å². The number of carbonyl (C=O) groups excluding carboxylic acids is 1. The molecule has 0 saturated carbocycles. The Kier molecular flexibility index (Phi) is 6.29. The van der Waals surface area contributed by atoms with Crippen molar-refractivity contribution < 1.29 is 9.53 Å². The number of guanidine groups is 1. The average molecular weight is 460 g/mol. The van der Waals surface area contributed by atoms with Crippen LogP contribution in [0.2, 0.25) is 10.0 Å². The van der Waals surface area contributed by atoms with E-state index in [0.717, 1.165) is 29.5 Å². The van der Waals surface area contributed by atoms with Crippen LogP contribution in [0, 0.1) is 0 Å². The molecule has 31 heavy (non-hydrogen) atoms. The van der Waals surface area contributed by atoms with E-state index in [2.05, 4.69) is 0 Å². The lowest BCUT2D eigenvalue weighted by molar-refractivity contribution is -0.133. The van der Waals surface area contributed by atoms with Crippen LogP contribution >= 0.6 is 23.2 Å². The minimum atomic E-state index is -0.804. The van der Waals surface area contributed by atoms with Crippen LogP contribution in [0.25, 0.3) is 0 Å². The standard InChI is InChI=1S/C24H27Cl2N3O2/c1-15-12-19(10-11-31-15)29-21(30)14-24(2,28-23(29)27)20-5-3-4-17(22(20)26)13-16-6-8-18(25)9-7-16/h3-9,15,19H,10-14H2,1-2H3,(H2,27,28)/t15-,19-,24+/m1/s1. The summed E-state index contributed by atoms with van der Waals surface area (Å²) in [6, 6.07) is 13.6. The first-order valence-corrected chi connectivity index (χ1v) is 11.3. The number of nitrogens with zero attached hydrogens (tertiary/aromatic N) is 2. The fourth-order valence-electron chi connectivity index (χ4n) is 4.56. The van der Waals surface area contributed by atoms with Crippen LogP contribution in [0.3, 0.4) is 0 Å². The fourth-order valence-corrected chi connectivity index (χ4v) is 5.09. The lowest BCUT2D eigenvalue weighted by Crippen LogP contribution is -2.56. The van der Waals surface area contributed by atoms with Gasteiger partial charge in [0.2, 0.25) is 5.91 Å². The summed E-state index contributed by atoms with van der Waals surface area (Å²) >= 11 is 12.8. The molecule has 2 heterocycles. The van der Waals surface area contributed by atoms with Gasteiger partial charge in [-0.2, -0.15) is 0 Å². The van der Waals surface area contributed by atoms with Crippen molar-refractivity contribution in [2.75, 3.05) is 6.61 Å². The number of aliphatic imine (C=N–C) groups is 1. The van der Waals surface area contributed by atoms with E-state index in [-0.39, 0.29) is 30.4 Å². The molecule has 0 bridgehead atoms. The van der Waals surface area contributed by atoms with Gasteiger partial charge in [-0.3, -0.25) is 9.69 Å². The molecular weight excluding hydrogens is 433 g/mol. The third kappa shape index (κ3) is 4.59. The Bertz CT molecular complexity index is 1010. The van der Waals surface area contributed by atoms with Crippen molar-refractivity contribution >= 4 is 35.1 Å². The van der Waals surface area contributed by atoms with Gasteiger partial charge in [0.1, 0.15) is 0 Å². The van der Waals surface area contributed by atoms with Crippen molar-refractivity contribution in [2.24, 2.45) is 10.7 Å². The predicted octanol–water partition coefficient (Wildman–Crippen LogP) is 4.91. The molecule has 0 aromatic heterocycles. The maximum absolute atomic E-state index is 13.2. The molecular formula is C24H27Cl2N3O2. The molecule has 164 valence electrons. The molecule has 0 unspecified atom stereocenters. The summed E-state index contributed by atoms with van der Waals surface area (Å²) in [6.07, 6.45) is 2.52. The summed E-state index contributed by atoms with van der Waals surface area (Å²) in [5.74, 6) is 0.241. The number of benzene rings is 2. The number of carbonyl (C=O) groups is 1. The number of hydrogen-bond donors (Lipinski definition) is 1. The van der Waals surface area contributed by atoms with Crippen LogP contribution in [0.1, 0.15) is 49.8 Å². The Morgan fingerprint density at radius 3 is 2.65 bits per heavy atom. The molecule has 7 heteroatoms. The predicted molar refractivity (Wildman–Crippen MR) is 125 cm³/mol. The molecule has 2 aliphatic heterocycles. The highest BCUT2D eigenvalue weighted by molar-refractivity contribution is 6.32. The molecule has 1 fully saturated rings. The summed E-state index contributed by atoms with van der Waals surface area (Å²) in [7, 11) is 0. The maximum Gasteiger partial charge on any atom is 0.232 e. The van der Waals surface area contributed by atoms with E-state index < -0.39 is 5.54 Å². The topological polar surface area (TPSA) is 67.9 Å². The van der Waals surface area contributed by atoms with Crippen LogP contribution in [0.15, 0.2) is 47.5 Å². The monoisotopic (exact) mass is 459 g/mol. The first-order valence-electron chi connectivity index (χ1n) is 10.6. The van der Waals surface area contributed by atoms with E-state index >= 15 is 0 Å². The van der Waals surface area contributed by atoms with Crippen LogP contribution in [0.5, 0.6) is 0 Å². The van der Waals surface area contributed by atoms with Crippen molar-refractivity contribution in [3.05, 3.63) is 69.2 Å².